The highest BCUT2D eigenvalue weighted by molar-refractivity contribution is 6.31. The van der Waals surface area contributed by atoms with Gasteiger partial charge in [-0.15, -0.1) is 0 Å². The monoisotopic (exact) mass is 354 g/mol. The quantitative estimate of drug-likeness (QED) is 0.656. The number of anilines is 4. The van der Waals surface area contributed by atoms with E-state index in [1.54, 1.807) is 7.11 Å². The first-order chi connectivity index (χ1) is 12.0. The predicted octanol–water partition coefficient (Wildman–Crippen LogP) is 5.24. The molecule has 0 bridgehead atoms. The molecule has 6 heteroatoms. The molecular weight excluding hydrogens is 336 g/mol. The van der Waals surface area contributed by atoms with Crippen LogP contribution in [0.1, 0.15) is 11.3 Å². The van der Waals surface area contributed by atoms with Gasteiger partial charge in [-0.1, -0.05) is 17.7 Å². The van der Waals surface area contributed by atoms with Crippen LogP contribution in [0.4, 0.5) is 23.1 Å². The van der Waals surface area contributed by atoms with Crippen LogP contribution in [0.5, 0.6) is 5.75 Å². The molecule has 0 atom stereocenters. The van der Waals surface area contributed by atoms with E-state index in [4.69, 9.17) is 16.3 Å². The molecule has 1 heterocycles. The van der Waals surface area contributed by atoms with Crippen LogP contribution in [0.25, 0.3) is 0 Å². The number of halogens is 1. The minimum absolute atomic E-state index is 0.510. The topological polar surface area (TPSA) is 59.1 Å². The van der Waals surface area contributed by atoms with E-state index in [1.165, 1.54) is 0 Å². The van der Waals surface area contributed by atoms with Crippen molar-refractivity contribution in [1.82, 2.24) is 9.97 Å². The Kier molecular flexibility index (Phi) is 5.05. The molecule has 1 aromatic heterocycles. The molecule has 5 nitrogen and oxygen atoms in total. The summed E-state index contributed by atoms with van der Waals surface area (Å²) in [4.78, 5) is 8.94. The fourth-order valence-electron chi connectivity index (χ4n) is 2.31. The van der Waals surface area contributed by atoms with Crippen LogP contribution in [-0.2, 0) is 0 Å². The Balaban J connectivity index is 1.80. The fourth-order valence-corrected chi connectivity index (χ4v) is 2.49. The fraction of sp³-hybridized carbons (Fsp3) is 0.158. The van der Waals surface area contributed by atoms with E-state index in [9.17, 15) is 0 Å². The summed E-state index contributed by atoms with van der Waals surface area (Å²) in [5, 5.41) is 7.16. The van der Waals surface area contributed by atoms with Crippen molar-refractivity contribution in [1.29, 1.82) is 0 Å². The first-order valence-corrected chi connectivity index (χ1v) is 8.21. The van der Waals surface area contributed by atoms with E-state index in [-0.39, 0.29) is 0 Å². The van der Waals surface area contributed by atoms with Crippen molar-refractivity contribution in [2.75, 3.05) is 17.7 Å². The highest BCUT2D eigenvalue weighted by atomic mass is 35.5. The van der Waals surface area contributed by atoms with Crippen molar-refractivity contribution in [3.63, 3.8) is 0 Å². The Hall–Kier alpha value is -2.79. The highest BCUT2D eigenvalue weighted by Gasteiger charge is 2.05. The molecule has 0 aliphatic heterocycles. The van der Waals surface area contributed by atoms with Crippen molar-refractivity contribution >= 4 is 34.7 Å². The van der Waals surface area contributed by atoms with Crippen molar-refractivity contribution in [3.8, 4) is 5.75 Å². The van der Waals surface area contributed by atoms with Crippen molar-refractivity contribution in [2.45, 2.75) is 13.8 Å². The van der Waals surface area contributed by atoms with E-state index in [2.05, 4.69) is 20.6 Å². The molecule has 0 spiro atoms. The molecule has 0 unspecified atom stereocenters. The van der Waals surface area contributed by atoms with Gasteiger partial charge in [0, 0.05) is 28.2 Å². The second-order valence-corrected chi connectivity index (χ2v) is 6.07. The van der Waals surface area contributed by atoms with Crippen molar-refractivity contribution < 1.29 is 4.74 Å². The molecule has 25 heavy (non-hydrogen) atoms. The van der Waals surface area contributed by atoms with E-state index in [0.29, 0.717) is 16.8 Å². The van der Waals surface area contributed by atoms with Crippen LogP contribution in [0, 0.1) is 13.8 Å². The third kappa shape index (κ3) is 4.39. The number of nitrogens with one attached hydrogen (secondary N) is 2. The lowest BCUT2D eigenvalue weighted by atomic mass is 10.2. The SMILES string of the molecule is COc1ccc(Nc2cc(C)nc(Nc3ccc(C)c(Cl)c3)n2)cc1. The van der Waals surface area contributed by atoms with Gasteiger partial charge in [0.1, 0.15) is 11.6 Å². The molecular formula is C19H19ClN4O. The lowest BCUT2D eigenvalue weighted by Gasteiger charge is -2.11. The average molecular weight is 355 g/mol. The summed E-state index contributed by atoms with van der Waals surface area (Å²) in [5.41, 5.74) is 3.64. The maximum absolute atomic E-state index is 6.17. The van der Waals surface area contributed by atoms with Gasteiger partial charge >= 0.3 is 0 Å². The molecule has 0 aliphatic carbocycles. The Morgan fingerprint density at radius 1 is 0.880 bits per heavy atom. The second-order valence-electron chi connectivity index (χ2n) is 5.66. The number of aromatic nitrogens is 2. The number of ether oxygens (including phenoxy) is 1. The molecule has 2 aromatic carbocycles. The maximum Gasteiger partial charge on any atom is 0.229 e. The zero-order valence-electron chi connectivity index (χ0n) is 14.3. The number of hydrogen-bond donors (Lipinski definition) is 2. The summed E-state index contributed by atoms with van der Waals surface area (Å²) in [6.45, 7) is 3.89. The molecule has 0 amide bonds. The minimum Gasteiger partial charge on any atom is -0.497 e. The highest BCUT2D eigenvalue weighted by Crippen LogP contribution is 2.24. The molecule has 128 valence electrons. The van der Waals surface area contributed by atoms with E-state index < -0.39 is 0 Å². The molecule has 0 fully saturated rings. The number of benzene rings is 2. The number of rotatable bonds is 5. The van der Waals surface area contributed by atoms with Gasteiger partial charge in [0.2, 0.25) is 5.95 Å². The predicted molar refractivity (Wildman–Crippen MR) is 103 cm³/mol. The van der Waals surface area contributed by atoms with Crippen LogP contribution in [0.15, 0.2) is 48.5 Å². The lowest BCUT2D eigenvalue weighted by molar-refractivity contribution is 0.415. The van der Waals surface area contributed by atoms with Gasteiger partial charge in [-0.3, -0.25) is 0 Å². The largest absolute Gasteiger partial charge is 0.497 e. The first kappa shape index (κ1) is 17.0. The van der Waals surface area contributed by atoms with Crippen molar-refractivity contribution in [2.24, 2.45) is 0 Å². The average Bonchev–Trinajstić information content (AvgIpc) is 2.58. The lowest BCUT2D eigenvalue weighted by Crippen LogP contribution is -2.02. The van der Waals surface area contributed by atoms with Crippen LogP contribution in [0.2, 0.25) is 5.02 Å². The molecule has 3 aromatic rings. The minimum atomic E-state index is 0.510. The summed E-state index contributed by atoms with van der Waals surface area (Å²) in [5.74, 6) is 2.03. The smallest absolute Gasteiger partial charge is 0.229 e. The number of nitrogens with zero attached hydrogens (tertiary/aromatic N) is 2. The first-order valence-electron chi connectivity index (χ1n) is 7.83. The second kappa shape index (κ2) is 7.40. The van der Waals surface area contributed by atoms with Crippen LogP contribution in [0.3, 0.4) is 0 Å². The van der Waals surface area contributed by atoms with Crippen molar-refractivity contribution in [3.05, 3.63) is 64.8 Å². The summed E-state index contributed by atoms with van der Waals surface area (Å²) >= 11 is 6.17. The van der Waals surface area contributed by atoms with Gasteiger partial charge in [-0.2, -0.15) is 4.98 Å². The number of hydrogen-bond acceptors (Lipinski definition) is 5. The van der Waals surface area contributed by atoms with E-state index >= 15 is 0 Å². The molecule has 0 radical (unpaired) electrons. The Morgan fingerprint density at radius 2 is 1.60 bits per heavy atom. The summed E-state index contributed by atoms with van der Waals surface area (Å²) in [6.07, 6.45) is 0. The Bertz CT molecular complexity index is 881. The van der Waals surface area contributed by atoms with Gasteiger partial charge in [-0.25, -0.2) is 4.98 Å². The Labute approximate surface area is 152 Å². The van der Waals surface area contributed by atoms with Gasteiger partial charge in [0.15, 0.2) is 0 Å². The molecule has 3 rings (SSSR count). The zero-order chi connectivity index (χ0) is 17.8. The third-order valence-corrected chi connectivity index (χ3v) is 4.05. The molecule has 0 aliphatic rings. The van der Waals surface area contributed by atoms with Gasteiger partial charge in [-0.05, 0) is 55.8 Å². The third-order valence-electron chi connectivity index (χ3n) is 3.64. The van der Waals surface area contributed by atoms with Gasteiger partial charge in [0.25, 0.3) is 0 Å². The molecule has 0 saturated carbocycles. The van der Waals surface area contributed by atoms with Gasteiger partial charge in [0.05, 0.1) is 7.11 Å². The normalized spacial score (nSPS) is 10.4. The summed E-state index contributed by atoms with van der Waals surface area (Å²) in [7, 11) is 1.64. The standard InChI is InChI=1S/C19H19ClN4O/c1-12-4-5-15(11-17(12)20)23-19-21-13(2)10-18(24-19)22-14-6-8-16(25-3)9-7-14/h4-11H,1-3H3,(H2,21,22,23,24). The van der Waals surface area contributed by atoms with Crippen LogP contribution >= 0.6 is 11.6 Å². The Morgan fingerprint density at radius 3 is 2.28 bits per heavy atom. The van der Waals surface area contributed by atoms with Gasteiger partial charge < -0.3 is 15.4 Å². The molecule has 0 saturated heterocycles. The number of methoxy groups -OCH3 is 1. The zero-order valence-corrected chi connectivity index (χ0v) is 15.1. The van der Waals surface area contributed by atoms with Crippen LogP contribution < -0.4 is 15.4 Å². The number of aryl methyl sites for hydroxylation is 2. The summed E-state index contributed by atoms with van der Waals surface area (Å²) < 4.78 is 5.17. The molecule has 2 N–H and O–H groups in total. The van der Waals surface area contributed by atoms with E-state index in [0.717, 1.165) is 28.4 Å². The van der Waals surface area contributed by atoms with E-state index in [1.807, 2.05) is 62.4 Å². The maximum atomic E-state index is 6.17. The summed E-state index contributed by atoms with van der Waals surface area (Å²) in [6, 6.07) is 15.3. The van der Waals surface area contributed by atoms with Crippen LogP contribution in [-0.4, -0.2) is 17.1 Å².